The van der Waals surface area contributed by atoms with Gasteiger partial charge in [-0.1, -0.05) is 96.2 Å². The summed E-state index contributed by atoms with van der Waals surface area (Å²) < 4.78 is 25.1. The number of aliphatic hydroxyl groups is 4. The summed E-state index contributed by atoms with van der Waals surface area (Å²) in [5, 5.41) is 44.3. The predicted molar refractivity (Wildman–Crippen MR) is 221 cm³/mol. The Morgan fingerprint density at radius 3 is 1.85 bits per heavy atom. The molecule has 5 aliphatic heterocycles. The van der Waals surface area contributed by atoms with Gasteiger partial charge in [0.15, 0.2) is 6.29 Å². The van der Waals surface area contributed by atoms with Crippen LogP contribution in [0.5, 0.6) is 0 Å². The molecule has 0 radical (unpaired) electrons. The Morgan fingerprint density at radius 1 is 0.814 bits per heavy atom. The van der Waals surface area contributed by atoms with Gasteiger partial charge in [-0.15, -0.1) is 0 Å². The van der Waals surface area contributed by atoms with Gasteiger partial charge in [-0.2, -0.15) is 0 Å². The fourth-order valence-corrected chi connectivity index (χ4v) is 11.6. The SMILES string of the molecule is CC(C)(C)[C@@H]1OC[C@]2([C@H](O)[C@@H]3C=CCCC3)N1C(=O)[C@@H]1C[C@@H](OCc3ccccc3)O[C@@]12C.CC(C)(C)[C@@H]1OC[C@]2([C@H](O)[C@@H]3C=CCCC3)N1C(=O)[C@H](CCO)[C@]2(C)O. The lowest BCUT2D eigenvalue weighted by Crippen LogP contribution is -2.67. The quantitative estimate of drug-likeness (QED) is 0.236. The van der Waals surface area contributed by atoms with Crippen molar-refractivity contribution in [2.45, 2.75) is 167 Å². The number of ether oxygens (including phenoxy) is 4. The van der Waals surface area contributed by atoms with E-state index < -0.39 is 59.2 Å². The van der Waals surface area contributed by atoms with Gasteiger partial charge >= 0.3 is 0 Å². The molecule has 5 fully saturated rings. The average Bonchev–Trinajstić information content (AvgIpc) is 3.98. The third-order valence-corrected chi connectivity index (χ3v) is 14.8. The summed E-state index contributed by atoms with van der Waals surface area (Å²) in [6.45, 7) is 16.4. The van der Waals surface area contributed by atoms with Crippen LogP contribution in [-0.4, -0.2) is 115 Å². The third kappa shape index (κ3) is 7.15. The molecule has 1 aromatic rings. The number of amides is 2. The molecule has 2 amide bonds. The van der Waals surface area contributed by atoms with E-state index in [0.717, 1.165) is 44.1 Å². The first kappa shape index (κ1) is 44.4. The van der Waals surface area contributed by atoms with Crippen molar-refractivity contribution in [2.75, 3.05) is 19.8 Å². The Bertz CT molecular complexity index is 1740. The van der Waals surface area contributed by atoms with E-state index in [1.165, 1.54) is 0 Å². The van der Waals surface area contributed by atoms with Crippen LogP contribution in [-0.2, 0) is 35.1 Å². The molecule has 0 spiro atoms. The van der Waals surface area contributed by atoms with Crippen LogP contribution in [0.3, 0.4) is 0 Å². The maximum absolute atomic E-state index is 13.9. The lowest BCUT2D eigenvalue weighted by atomic mass is 9.68. The minimum absolute atomic E-state index is 0.0135. The van der Waals surface area contributed by atoms with Crippen LogP contribution in [0.25, 0.3) is 0 Å². The van der Waals surface area contributed by atoms with Crippen molar-refractivity contribution < 1.29 is 49.0 Å². The number of hydrogen-bond donors (Lipinski definition) is 4. The first-order chi connectivity index (χ1) is 27.8. The molecule has 5 saturated heterocycles. The van der Waals surface area contributed by atoms with E-state index in [2.05, 4.69) is 39.0 Å². The summed E-state index contributed by atoms with van der Waals surface area (Å²) in [4.78, 5) is 30.7. The van der Waals surface area contributed by atoms with Gasteiger partial charge < -0.3 is 49.2 Å². The summed E-state index contributed by atoms with van der Waals surface area (Å²) in [5.74, 6) is -1.49. The maximum Gasteiger partial charge on any atom is 0.231 e. The number of carbonyl (C=O) groups is 2. The van der Waals surface area contributed by atoms with E-state index in [4.69, 9.17) is 18.9 Å². The molecule has 12 nitrogen and oxygen atoms in total. The number of allylic oxidation sites excluding steroid dienone is 2. The third-order valence-electron chi connectivity index (χ3n) is 14.8. The standard InChI is InChI=1S/C27H37NO5.C20H33NO5/c1-25(2,3)24-28-23(30)20-15-21(31-16-18-11-7-5-8-12-18)33-26(20,4)27(28,17-32-24)22(29)19-13-9-6-10-14-19;1-18(2,3)17-21-16(24)14(10-11-22)19(4,25)20(21,12-26-17)15(23)13-8-6-5-7-9-13/h5,7-9,11-13,19-22,24,29H,6,10,14-17H2,1-4H3;6,8,13-15,17,22-23,25H,5,7,9-12H2,1-4H3/t19-,20+,21+,22-,24+,26+,27-;13-,14+,15-,17+,19+,20-/m11/s1. The minimum atomic E-state index is -1.49. The van der Waals surface area contributed by atoms with Gasteiger partial charge in [0.1, 0.15) is 34.7 Å². The van der Waals surface area contributed by atoms with Crippen molar-refractivity contribution in [1.29, 1.82) is 0 Å². The second-order valence-corrected chi connectivity index (χ2v) is 20.7. The number of nitrogens with zero attached hydrogens (tertiary/aromatic N) is 2. The lowest BCUT2D eigenvalue weighted by Gasteiger charge is -2.48. The topological polar surface area (TPSA) is 158 Å². The van der Waals surface area contributed by atoms with E-state index in [0.29, 0.717) is 13.0 Å². The molecule has 7 aliphatic rings. The molecule has 0 saturated carbocycles. The van der Waals surface area contributed by atoms with Crippen molar-refractivity contribution in [3.8, 4) is 0 Å². The van der Waals surface area contributed by atoms with Crippen LogP contribution in [0.2, 0.25) is 0 Å². The number of hydrogen-bond acceptors (Lipinski definition) is 10. The molecule has 13 atom stereocenters. The van der Waals surface area contributed by atoms with E-state index in [-0.39, 0.29) is 66.6 Å². The van der Waals surface area contributed by atoms with Crippen molar-refractivity contribution in [3.63, 3.8) is 0 Å². The molecule has 59 heavy (non-hydrogen) atoms. The zero-order valence-corrected chi connectivity index (χ0v) is 36.5. The molecule has 12 heteroatoms. The van der Waals surface area contributed by atoms with E-state index >= 15 is 0 Å². The molecular formula is C47H70N2O10. The largest absolute Gasteiger partial charge is 0.396 e. The second-order valence-electron chi connectivity index (χ2n) is 20.7. The van der Waals surface area contributed by atoms with Crippen molar-refractivity contribution in [1.82, 2.24) is 9.80 Å². The van der Waals surface area contributed by atoms with Gasteiger partial charge in [-0.3, -0.25) is 9.59 Å². The Morgan fingerprint density at radius 2 is 1.34 bits per heavy atom. The van der Waals surface area contributed by atoms with E-state index in [1.54, 1.807) is 11.8 Å². The van der Waals surface area contributed by atoms with E-state index in [1.807, 2.05) is 69.0 Å². The van der Waals surface area contributed by atoms with Gasteiger partial charge in [0.25, 0.3) is 0 Å². The molecule has 8 rings (SSSR count). The highest BCUT2D eigenvalue weighted by Crippen LogP contribution is 2.60. The number of benzene rings is 1. The molecule has 4 N–H and O–H groups in total. The zero-order valence-electron chi connectivity index (χ0n) is 36.5. The Labute approximate surface area is 350 Å². The van der Waals surface area contributed by atoms with Gasteiger partial charge in [0, 0.05) is 35.7 Å². The smallest absolute Gasteiger partial charge is 0.231 e. The average molecular weight is 823 g/mol. The minimum Gasteiger partial charge on any atom is -0.396 e. The fraction of sp³-hybridized carbons (Fsp3) is 0.745. The number of carbonyl (C=O) groups excluding carboxylic acids is 2. The van der Waals surface area contributed by atoms with Crippen LogP contribution in [0.1, 0.15) is 112 Å². The van der Waals surface area contributed by atoms with Crippen LogP contribution >= 0.6 is 0 Å². The van der Waals surface area contributed by atoms with E-state index in [9.17, 15) is 30.0 Å². The van der Waals surface area contributed by atoms with Crippen molar-refractivity contribution in [3.05, 3.63) is 60.2 Å². The monoisotopic (exact) mass is 823 g/mol. The van der Waals surface area contributed by atoms with Gasteiger partial charge in [-0.05, 0) is 64.4 Å². The summed E-state index contributed by atoms with van der Waals surface area (Å²) in [5.41, 5.74) is -4.09. The Hall–Kier alpha value is -2.68. The summed E-state index contributed by atoms with van der Waals surface area (Å²) >= 11 is 0. The first-order valence-electron chi connectivity index (χ1n) is 22.0. The molecule has 328 valence electrons. The first-order valence-corrected chi connectivity index (χ1v) is 22.0. The normalized spacial score (nSPS) is 40.2. The highest BCUT2D eigenvalue weighted by Gasteiger charge is 2.78. The molecule has 5 heterocycles. The van der Waals surface area contributed by atoms with Gasteiger partial charge in [-0.25, -0.2) is 0 Å². The molecule has 0 aromatic heterocycles. The summed E-state index contributed by atoms with van der Waals surface area (Å²) in [6, 6.07) is 9.98. The van der Waals surface area contributed by atoms with Crippen LogP contribution in [0, 0.1) is 34.5 Å². The fourth-order valence-electron chi connectivity index (χ4n) is 11.6. The number of rotatable bonds is 9. The Balaban J connectivity index is 0.000000185. The molecule has 1 aromatic carbocycles. The second kappa shape index (κ2) is 16.2. The van der Waals surface area contributed by atoms with Crippen LogP contribution in [0.4, 0.5) is 0 Å². The molecular weight excluding hydrogens is 753 g/mol. The highest BCUT2D eigenvalue weighted by atomic mass is 16.7. The van der Waals surface area contributed by atoms with Crippen molar-refractivity contribution in [2.24, 2.45) is 34.5 Å². The predicted octanol–water partition coefficient (Wildman–Crippen LogP) is 5.46. The Kier molecular flexibility index (Phi) is 12.2. The maximum atomic E-state index is 13.9. The number of aliphatic hydroxyl groups excluding tert-OH is 3. The summed E-state index contributed by atoms with van der Waals surface area (Å²) in [7, 11) is 0. The molecule has 0 bridgehead atoms. The van der Waals surface area contributed by atoms with Gasteiger partial charge in [0.05, 0.1) is 43.9 Å². The lowest BCUT2D eigenvalue weighted by molar-refractivity contribution is -0.216. The van der Waals surface area contributed by atoms with Crippen molar-refractivity contribution >= 4 is 11.8 Å². The summed E-state index contributed by atoms with van der Waals surface area (Å²) in [6.07, 6.45) is 11.6. The van der Waals surface area contributed by atoms with Crippen LogP contribution < -0.4 is 0 Å². The van der Waals surface area contributed by atoms with Crippen LogP contribution in [0.15, 0.2) is 54.6 Å². The molecule has 0 unspecified atom stereocenters. The highest BCUT2D eigenvalue weighted by molar-refractivity contribution is 5.87. The zero-order chi connectivity index (χ0) is 42.8. The van der Waals surface area contributed by atoms with Gasteiger partial charge in [0.2, 0.25) is 11.8 Å². The number of fused-ring (bicyclic) bond motifs is 4. The molecule has 2 aliphatic carbocycles.